The summed E-state index contributed by atoms with van der Waals surface area (Å²) in [4.78, 5) is 22.7. The zero-order chi connectivity index (χ0) is 19.7. The van der Waals surface area contributed by atoms with E-state index in [0.29, 0.717) is 9.90 Å². The predicted octanol–water partition coefficient (Wildman–Crippen LogP) is 5.09. The second-order valence-corrected chi connectivity index (χ2v) is 8.52. The number of imidazole rings is 1. The smallest absolute Gasteiger partial charge is 0.264 e. The van der Waals surface area contributed by atoms with Gasteiger partial charge < -0.3 is 9.88 Å². The quantitative estimate of drug-likeness (QED) is 0.481. The first kappa shape index (κ1) is 18.9. The molecule has 1 aromatic carbocycles. The fourth-order valence-electron chi connectivity index (χ4n) is 2.92. The molecule has 0 saturated heterocycles. The van der Waals surface area contributed by atoms with Gasteiger partial charge in [0, 0.05) is 35.4 Å². The van der Waals surface area contributed by atoms with Gasteiger partial charge in [0.1, 0.15) is 21.8 Å². The summed E-state index contributed by atoms with van der Waals surface area (Å²) in [6, 6.07) is 9.04. The fraction of sp³-hybridized carbons (Fsp3) is 0.150. The summed E-state index contributed by atoms with van der Waals surface area (Å²) in [7, 11) is 1.91. The van der Waals surface area contributed by atoms with Gasteiger partial charge in [0.15, 0.2) is 0 Å². The highest BCUT2D eigenvalue weighted by Gasteiger charge is 2.24. The first-order chi connectivity index (χ1) is 13.5. The summed E-state index contributed by atoms with van der Waals surface area (Å²) in [5, 5.41) is 8.65. The van der Waals surface area contributed by atoms with Crippen molar-refractivity contribution in [3.8, 4) is 10.6 Å². The van der Waals surface area contributed by atoms with Crippen molar-refractivity contribution in [2.45, 2.75) is 13.0 Å². The zero-order valence-corrected chi connectivity index (χ0v) is 17.6. The van der Waals surface area contributed by atoms with Crippen LogP contribution in [0.3, 0.4) is 0 Å². The molecule has 3 aromatic heterocycles. The molecule has 1 N–H and O–H groups in total. The van der Waals surface area contributed by atoms with Crippen LogP contribution in [-0.2, 0) is 7.05 Å². The summed E-state index contributed by atoms with van der Waals surface area (Å²) >= 11 is 9.05. The number of thiazole rings is 1. The standard InChI is InChI=1S/C20H17ClN4OS2/c1-12-17(28-20(23-12)14-7-10-27-11-14)19(26)24-16(18-22-8-9-25(18)2)13-3-5-15(21)6-4-13/h3-11,16H,1-2H3,(H,24,26)/t16-/m0/s1. The van der Waals surface area contributed by atoms with Gasteiger partial charge in [-0.25, -0.2) is 9.97 Å². The Morgan fingerprint density at radius 1 is 1.25 bits per heavy atom. The van der Waals surface area contributed by atoms with Crippen molar-refractivity contribution in [2.24, 2.45) is 7.05 Å². The molecule has 8 heteroatoms. The van der Waals surface area contributed by atoms with Crippen LogP contribution >= 0.6 is 34.3 Å². The number of halogens is 1. The molecule has 0 bridgehead atoms. The number of aromatic nitrogens is 3. The van der Waals surface area contributed by atoms with Gasteiger partial charge >= 0.3 is 0 Å². The number of thiophene rings is 1. The summed E-state index contributed by atoms with van der Waals surface area (Å²) in [5.74, 6) is 0.579. The van der Waals surface area contributed by atoms with Crippen molar-refractivity contribution in [3.05, 3.63) is 80.5 Å². The fourth-order valence-corrected chi connectivity index (χ4v) is 4.73. The molecular weight excluding hydrogens is 412 g/mol. The van der Waals surface area contributed by atoms with Gasteiger partial charge in [0.2, 0.25) is 0 Å². The number of carbonyl (C=O) groups excluding carboxylic acids is 1. The molecule has 0 unspecified atom stereocenters. The topological polar surface area (TPSA) is 59.8 Å². The first-order valence-electron chi connectivity index (χ1n) is 8.56. The lowest BCUT2D eigenvalue weighted by Crippen LogP contribution is -2.31. The van der Waals surface area contributed by atoms with Crippen LogP contribution in [0.4, 0.5) is 0 Å². The van der Waals surface area contributed by atoms with E-state index in [9.17, 15) is 4.79 Å². The van der Waals surface area contributed by atoms with Gasteiger partial charge in [-0.15, -0.1) is 11.3 Å². The third kappa shape index (κ3) is 3.73. The average Bonchev–Trinajstić information content (AvgIpc) is 3.41. The van der Waals surface area contributed by atoms with Crippen molar-refractivity contribution in [1.29, 1.82) is 0 Å². The van der Waals surface area contributed by atoms with E-state index in [1.54, 1.807) is 17.5 Å². The Balaban J connectivity index is 1.66. The summed E-state index contributed by atoms with van der Waals surface area (Å²) in [5.41, 5.74) is 2.67. The maximum atomic E-state index is 13.1. The van der Waals surface area contributed by atoms with Crippen LogP contribution in [-0.4, -0.2) is 20.4 Å². The molecule has 0 aliphatic rings. The molecule has 0 radical (unpaired) electrons. The van der Waals surface area contributed by atoms with Gasteiger partial charge in [-0.2, -0.15) is 11.3 Å². The highest BCUT2D eigenvalue weighted by atomic mass is 35.5. The molecule has 1 amide bonds. The number of benzene rings is 1. The highest BCUT2D eigenvalue weighted by Crippen LogP contribution is 2.30. The molecule has 4 aromatic rings. The Morgan fingerprint density at radius 3 is 2.68 bits per heavy atom. The van der Waals surface area contributed by atoms with E-state index in [4.69, 9.17) is 11.6 Å². The van der Waals surface area contributed by atoms with Crippen molar-refractivity contribution in [2.75, 3.05) is 0 Å². The molecule has 5 nitrogen and oxygen atoms in total. The Labute approximate surface area is 175 Å². The largest absolute Gasteiger partial charge is 0.337 e. The number of rotatable bonds is 5. The first-order valence-corrected chi connectivity index (χ1v) is 10.7. The number of hydrogen-bond acceptors (Lipinski definition) is 5. The van der Waals surface area contributed by atoms with E-state index in [2.05, 4.69) is 15.3 Å². The number of hydrogen-bond donors (Lipinski definition) is 1. The molecular formula is C20H17ClN4OS2. The molecule has 0 saturated carbocycles. The molecule has 0 aliphatic carbocycles. The van der Waals surface area contributed by atoms with Crippen LogP contribution in [0.5, 0.6) is 0 Å². The molecule has 4 rings (SSSR count). The predicted molar refractivity (Wildman–Crippen MR) is 114 cm³/mol. The van der Waals surface area contributed by atoms with Crippen LogP contribution in [0.25, 0.3) is 10.6 Å². The minimum Gasteiger partial charge on any atom is -0.337 e. The van der Waals surface area contributed by atoms with Crippen LogP contribution < -0.4 is 5.32 Å². The van der Waals surface area contributed by atoms with Crippen molar-refractivity contribution >= 4 is 40.2 Å². The minimum atomic E-state index is -0.393. The Bertz CT molecular complexity index is 1100. The normalized spacial score (nSPS) is 12.1. The van der Waals surface area contributed by atoms with Crippen LogP contribution in [0.1, 0.15) is 32.8 Å². The Hall–Kier alpha value is -2.48. The molecule has 28 heavy (non-hydrogen) atoms. The summed E-state index contributed by atoms with van der Waals surface area (Å²) < 4.78 is 1.90. The lowest BCUT2D eigenvalue weighted by Gasteiger charge is -2.19. The van der Waals surface area contributed by atoms with Crippen molar-refractivity contribution in [1.82, 2.24) is 19.9 Å². The van der Waals surface area contributed by atoms with Gasteiger partial charge in [-0.05, 0) is 36.1 Å². The minimum absolute atomic E-state index is 0.167. The third-order valence-corrected chi connectivity index (χ3v) is 6.51. The lowest BCUT2D eigenvalue weighted by molar-refractivity contribution is 0.0944. The Morgan fingerprint density at radius 2 is 2.04 bits per heavy atom. The molecule has 3 heterocycles. The number of carbonyl (C=O) groups is 1. The average molecular weight is 429 g/mol. The molecule has 0 fully saturated rings. The van der Waals surface area contributed by atoms with Crippen LogP contribution in [0.15, 0.2) is 53.5 Å². The third-order valence-electron chi connectivity index (χ3n) is 4.37. The molecule has 142 valence electrons. The van der Waals surface area contributed by atoms with Gasteiger partial charge in [-0.3, -0.25) is 4.79 Å². The van der Waals surface area contributed by atoms with E-state index < -0.39 is 6.04 Å². The molecule has 1 atom stereocenters. The number of nitrogens with one attached hydrogen (secondary N) is 1. The number of nitrogens with zero attached hydrogens (tertiary/aromatic N) is 3. The van der Waals surface area contributed by atoms with Crippen LogP contribution in [0.2, 0.25) is 5.02 Å². The van der Waals surface area contributed by atoms with E-state index in [0.717, 1.165) is 27.7 Å². The van der Waals surface area contributed by atoms with Crippen molar-refractivity contribution in [3.63, 3.8) is 0 Å². The van der Waals surface area contributed by atoms with E-state index in [1.165, 1.54) is 11.3 Å². The SMILES string of the molecule is Cc1nc(-c2ccsc2)sc1C(=O)N[C@@H](c1ccc(Cl)cc1)c1nccn1C. The number of amides is 1. The Kier molecular flexibility index (Phi) is 5.30. The van der Waals surface area contributed by atoms with E-state index in [1.807, 2.05) is 65.8 Å². The summed E-state index contributed by atoms with van der Waals surface area (Å²) in [6.07, 6.45) is 3.58. The van der Waals surface area contributed by atoms with Crippen molar-refractivity contribution < 1.29 is 4.79 Å². The van der Waals surface area contributed by atoms with Gasteiger partial charge in [0.05, 0.1) is 5.69 Å². The van der Waals surface area contributed by atoms with E-state index in [-0.39, 0.29) is 5.91 Å². The zero-order valence-electron chi connectivity index (χ0n) is 15.2. The molecule has 0 aliphatic heterocycles. The monoisotopic (exact) mass is 428 g/mol. The summed E-state index contributed by atoms with van der Waals surface area (Å²) in [6.45, 7) is 1.86. The number of aryl methyl sites for hydroxylation is 2. The second-order valence-electron chi connectivity index (χ2n) is 6.30. The van der Waals surface area contributed by atoms with E-state index >= 15 is 0 Å². The maximum absolute atomic E-state index is 13.1. The lowest BCUT2D eigenvalue weighted by atomic mass is 10.1. The van der Waals surface area contributed by atoms with Crippen LogP contribution in [0, 0.1) is 6.92 Å². The highest BCUT2D eigenvalue weighted by molar-refractivity contribution is 7.17. The van der Waals surface area contributed by atoms with Gasteiger partial charge in [-0.1, -0.05) is 23.7 Å². The second kappa shape index (κ2) is 7.87. The maximum Gasteiger partial charge on any atom is 0.264 e. The van der Waals surface area contributed by atoms with Gasteiger partial charge in [0.25, 0.3) is 5.91 Å². The molecule has 0 spiro atoms.